The van der Waals surface area contributed by atoms with Gasteiger partial charge in [-0.3, -0.25) is 4.79 Å². The predicted octanol–water partition coefficient (Wildman–Crippen LogP) is 3.29. The van der Waals surface area contributed by atoms with E-state index < -0.39 is 0 Å². The maximum Gasteiger partial charge on any atom is 0.276 e. The first kappa shape index (κ1) is 16.3. The number of fused-ring (bicyclic) bond motifs is 1. The highest BCUT2D eigenvalue weighted by Gasteiger charge is 2.25. The summed E-state index contributed by atoms with van der Waals surface area (Å²) in [5.74, 6) is 0.213. The maximum absolute atomic E-state index is 12.8. The Labute approximate surface area is 152 Å². The van der Waals surface area contributed by atoms with Gasteiger partial charge in [0.05, 0.1) is 17.6 Å². The third kappa shape index (κ3) is 3.06. The summed E-state index contributed by atoms with van der Waals surface area (Å²) in [5, 5.41) is 7.54. The Morgan fingerprint density at radius 1 is 1.12 bits per heavy atom. The number of nitrogens with zero attached hydrogens (tertiary/aromatic N) is 3. The Kier molecular flexibility index (Phi) is 4.16. The monoisotopic (exact) mass is 347 g/mol. The number of rotatable bonds is 3. The fraction of sp³-hybridized carbons (Fsp3) is 0.250. The number of aryl methyl sites for hydroxylation is 1. The van der Waals surface area contributed by atoms with Gasteiger partial charge in [-0.05, 0) is 56.9 Å². The summed E-state index contributed by atoms with van der Waals surface area (Å²) in [6.45, 7) is 2.06. The molecule has 2 aromatic heterocycles. The van der Waals surface area contributed by atoms with E-state index in [1.54, 1.807) is 18.3 Å². The highest BCUT2D eigenvalue weighted by molar-refractivity contribution is 6.04. The molecule has 0 aliphatic heterocycles. The zero-order valence-electron chi connectivity index (χ0n) is 14.7. The van der Waals surface area contributed by atoms with Gasteiger partial charge in [0.1, 0.15) is 5.82 Å². The topological polar surface area (TPSA) is 85.8 Å². The van der Waals surface area contributed by atoms with Crippen molar-refractivity contribution < 1.29 is 4.79 Å². The molecular formula is C20H21N5O. The zero-order chi connectivity index (χ0) is 18.1. The maximum atomic E-state index is 12.8. The van der Waals surface area contributed by atoms with E-state index in [2.05, 4.69) is 34.5 Å². The van der Waals surface area contributed by atoms with Crippen molar-refractivity contribution in [2.24, 2.45) is 0 Å². The smallest absolute Gasteiger partial charge is 0.276 e. The number of nitrogen functional groups attached to an aromatic ring is 1. The van der Waals surface area contributed by atoms with Crippen LogP contribution in [0.3, 0.4) is 0 Å². The Morgan fingerprint density at radius 2 is 1.88 bits per heavy atom. The fourth-order valence-electron chi connectivity index (χ4n) is 3.35. The lowest BCUT2D eigenvalue weighted by atomic mass is 9.95. The lowest BCUT2D eigenvalue weighted by Gasteiger charge is -2.14. The highest BCUT2D eigenvalue weighted by atomic mass is 16.2. The molecule has 2 heterocycles. The number of nitrogens with one attached hydrogen (secondary N) is 1. The number of benzene rings is 1. The molecule has 132 valence electrons. The second kappa shape index (κ2) is 6.63. The first-order valence-corrected chi connectivity index (χ1v) is 8.82. The normalized spacial score (nSPS) is 13.3. The van der Waals surface area contributed by atoms with Crippen molar-refractivity contribution in [3.63, 3.8) is 0 Å². The van der Waals surface area contributed by atoms with Crippen molar-refractivity contribution in [2.45, 2.75) is 32.6 Å². The standard InChI is InChI=1S/C20H21N5O/c1-13-6-9-15(10-7-13)25-17-5-3-2-4-16(17)19(24-25)20(26)23-14-8-11-18(21)22-12-14/h6-12H,2-5H2,1H3,(H2,21,22)(H,23,26). The molecule has 0 saturated carbocycles. The van der Waals surface area contributed by atoms with E-state index in [1.807, 2.05) is 16.8 Å². The molecule has 1 amide bonds. The van der Waals surface area contributed by atoms with Gasteiger partial charge in [0.15, 0.2) is 5.69 Å². The van der Waals surface area contributed by atoms with E-state index in [9.17, 15) is 4.79 Å². The van der Waals surface area contributed by atoms with E-state index in [4.69, 9.17) is 5.73 Å². The number of carbonyl (C=O) groups excluding carboxylic acids is 1. The van der Waals surface area contributed by atoms with Crippen molar-refractivity contribution in [1.29, 1.82) is 0 Å². The molecule has 0 fully saturated rings. The summed E-state index contributed by atoms with van der Waals surface area (Å²) in [6, 6.07) is 11.6. The van der Waals surface area contributed by atoms with Crippen molar-refractivity contribution in [2.75, 3.05) is 11.1 Å². The van der Waals surface area contributed by atoms with E-state index >= 15 is 0 Å². The molecule has 0 saturated heterocycles. The van der Waals surface area contributed by atoms with E-state index in [-0.39, 0.29) is 5.91 Å². The molecule has 6 heteroatoms. The van der Waals surface area contributed by atoms with Crippen LogP contribution < -0.4 is 11.1 Å². The first-order chi connectivity index (χ1) is 12.6. The molecule has 3 aromatic rings. The average Bonchev–Trinajstić information content (AvgIpc) is 3.04. The number of amides is 1. The molecule has 4 rings (SSSR count). The zero-order valence-corrected chi connectivity index (χ0v) is 14.7. The van der Waals surface area contributed by atoms with Crippen LogP contribution in [0.1, 0.15) is 40.2 Å². The van der Waals surface area contributed by atoms with Crippen LogP contribution in [-0.2, 0) is 12.8 Å². The second-order valence-electron chi connectivity index (χ2n) is 6.65. The van der Waals surface area contributed by atoms with Gasteiger partial charge < -0.3 is 11.1 Å². The van der Waals surface area contributed by atoms with Crippen molar-refractivity contribution in [1.82, 2.24) is 14.8 Å². The molecular weight excluding hydrogens is 326 g/mol. The van der Waals surface area contributed by atoms with Gasteiger partial charge in [-0.25, -0.2) is 9.67 Å². The molecule has 0 radical (unpaired) electrons. The molecule has 1 aliphatic carbocycles. The van der Waals surface area contributed by atoms with Crippen LogP contribution in [0.4, 0.5) is 11.5 Å². The van der Waals surface area contributed by atoms with Crippen molar-refractivity contribution in [3.05, 3.63) is 65.1 Å². The fourth-order valence-corrected chi connectivity index (χ4v) is 3.35. The molecule has 3 N–H and O–H groups in total. The van der Waals surface area contributed by atoms with Crippen LogP contribution >= 0.6 is 0 Å². The number of carbonyl (C=O) groups is 1. The average molecular weight is 347 g/mol. The van der Waals surface area contributed by atoms with E-state index in [0.717, 1.165) is 42.6 Å². The van der Waals surface area contributed by atoms with Crippen LogP contribution in [0.15, 0.2) is 42.6 Å². The first-order valence-electron chi connectivity index (χ1n) is 8.82. The summed E-state index contributed by atoms with van der Waals surface area (Å²) < 4.78 is 1.92. The molecule has 1 aromatic carbocycles. The SMILES string of the molecule is Cc1ccc(-n2nc(C(=O)Nc3ccc(N)nc3)c3c2CCCC3)cc1. The van der Waals surface area contributed by atoms with Crippen LogP contribution in [-0.4, -0.2) is 20.7 Å². The number of hydrogen-bond donors (Lipinski definition) is 2. The third-order valence-corrected chi connectivity index (χ3v) is 4.72. The van der Waals surface area contributed by atoms with Crippen LogP contribution in [0, 0.1) is 6.92 Å². The molecule has 0 bridgehead atoms. The third-order valence-electron chi connectivity index (χ3n) is 4.72. The predicted molar refractivity (Wildman–Crippen MR) is 102 cm³/mol. The van der Waals surface area contributed by atoms with Gasteiger partial charge >= 0.3 is 0 Å². The Morgan fingerprint density at radius 3 is 2.62 bits per heavy atom. The van der Waals surface area contributed by atoms with Gasteiger partial charge in [-0.2, -0.15) is 5.10 Å². The number of anilines is 2. The van der Waals surface area contributed by atoms with Crippen LogP contribution in [0.2, 0.25) is 0 Å². The molecule has 0 spiro atoms. The summed E-state index contributed by atoms with van der Waals surface area (Å²) in [6.07, 6.45) is 5.57. The second-order valence-corrected chi connectivity index (χ2v) is 6.65. The van der Waals surface area contributed by atoms with Crippen molar-refractivity contribution >= 4 is 17.4 Å². The Hall–Kier alpha value is -3.15. The number of hydrogen-bond acceptors (Lipinski definition) is 4. The van der Waals surface area contributed by atoms with Gasteiger partial charge in [-0.1, -0.05) is 17.7 Å². The minimum Gasteiger partial charge on any atom is -0.384 e. The largest absolute Gasteiger partial charge is 0.384 e. The summed E-state index contributed by atoms with van der Waals surface area (Å²) in [5.41, 5.74) is 11.1. The molecule has 6 nitrogen and oxygen atoms in total. The van der Waals surface area contributed by atoms with Gasteiger partial charge in [-0.15, -0.1) is 0 Å². The van der Waals surface area contributed by atoms with Crippen LogP contribution in [0.25, 0.3) is 5.69 Å². The highest BCUT2D eigenvalue weighted by Crippen LogP contribution is 2.27. The molecule has 0 atom stereocenters. The van der Waals surface area contributed by atoms with E-state index in [1.165, 1.54) is 5.56 Å². The Balaban J connectivity index is 1.70. The number of nitrogens with two attached hydrogens (primary N) is 1. The van der Waals surface area contributed by atoms with Gasteiger partial charge in [0, 0.05) is 11.3 Å². The summed E-state index contributed by atoms with van der Waals surface area (Å²) in [4.78, 5) is 16.8. The van der Waals surface area contributed by atoms with Crippen molar-refractivity contribution in [3.8, 4) is 5.69 Å². The number of aromatic nitrogens is 3. The minimum absolute atomic E-state index is 0.208. The molecule has 1 aliphatic rings. The summed E-state index contributed by atoms with van der Waals surface area (Å²) >= 11 is 0. The number of pyridine rings is 1. The minimum atomic E-state index is -0.208. The van der Waals surface area contributed by atoms with Gasteiger partial charge in [0.2, 0.25) is 0 Å². The quantitative estimate of drug-likeness (QED) is 0.761. The lowest BCUT2D eigenvalue weighted by molar-refractivity contribution is 0.102. The molecule has 0 unspecified atom stereocenters. The Bertz CT molecular complexity index is 942. The molecule has 26 heavy (non-hydrogen) atoms. The van der Waals surface area contributed by atoms with E-state index in [0.29, 0.717) is 17.2 Å². The van der Waals surface area contributed by atoms with Gasteiger partial charge in [0.25, 0.3) is 5.91 Å². The van der Waals surface area contributed by atoms with Crippen LogP contribution in [0.5, 0.6) is 0 Å². The lowest BCUT2D eigenvalue weighted by Crippen LogP contribution is -2.15. The summed E-state index contributed by atoms with van der Waals surface area (Å²) in [7, 11) is 0.